The van der Waals surface area contributed by atoms with E-state index in [1.54, 1.807) is 4.90 Å². The van der Waals surface area contributed by atoms with E-state index >= 15 is 0 Å². The minimum absolute atomic E-state index is 0.159. The molecule has 2 saturated heterocycles. The number of aliphatic hydroxyl groups excluding tert-OH is 1. The lowest BCUT2D eigenvalue weighted by molar-refractivity contribution is 0.0764. The van der Waals surface area contributed by atoms with E-state index in [4.69, 9.17) is 0 Å². The van der Waals surface area contributed by atoms with Gasteiger partial charge in [-0.2, -0.15) is 0 Å². The average molecular weight is 411 g/mol. The van der Waals surface area contributed by atoms with Crippen LogP contribution in [-0.2, 0) is 10.0 Å². The van der Waals surface area contributed by atoms with Crippen molar-refractivity contribution in [3.8, 4) is 0 Å². The highest BCUT2D eigenvalue weighted by Gasteiger charge is 2.37. The van der Waals surface area contributed by atoms with Crippen molar-refractivity contribution in [2.75, 3.05) is 71.1 Å². The van der Waals surface area contributed by atoms with Gasteiger partial charge in [0.05, 0.1) is 11.9 Å². The van der Waals surface area contributed by atoms with Crippen molar-refractivity contribution >= 4 is 21.6 Å². The van der Waals surface area contributed by atoms with Crippen LogP contribution in [0.3, 0.4) is 0 Å². The molecule has 0 radical (unpaired) electrons. The molecule has 2 aliphatic heterocycles. The first-order chi connectivity index (χ1) is 13.2. The Hall–Kier alpha value is -1.68. The first-order valence-electron chi connectivity index (χ1n) is 9.58. The third-order valence-electron chi connectivity index (χ3n) is 5.66. The summed E-state index contributed by atoms with van der Waals surface area (Å²) < 4.78 is 25.3. The van der Waals surface area contributed by atoms with Crippen molar-refractivity contribution in [3.63, 3.8) is 0 Å². The predicted molar refractivity (Wildman–Crippen MR) is 109 cm³/mol. The quantitative estimate of drug-likeness (QED) is 0.722. The standard InChI is InChI=1S/C19H30N4O4S/c1-20(2)28(26,27)14-16-12-23(13-18(16)24)19(25)15-4-6-17(7-5-15)22-10-8-21(3)9-11-22/h4-7,16,18,24H,8-14H2,1-3H3/t16-,18-/m0/s1. The molecule has 2 heterocycles. The molecule has 2 fully saturated rings. The lowest BCUT2D eigenvalue weighted by Gasteiger charge is -2.34. The molecule has 2 atom stereocenters. The Kier molecular flexibility index (Phi) is 6.28. The largest absolute Gasteiger partial charge is 0.391 e. The Morgan fingerprint density at radius 3 is 2.29 bits per heavy atom. The normalized spacial score (nSPS) is 24.2. The zero-order chi connectivity index (χ0) is 20.5. The van der Waals surface area contributed by atoms with Crippen molar-refractivity contribution in [1.29, 1.82) is 0 Å². The Labute approximate surface area is 167 Å². The maximum Gasteiger partial charge on any atom is 0.253 e. The van der Waals surface area contributed by atoms with Crippen LogP contribution in [0.15, 0.2) is 24.3 Å². The third-order valence-corrected chi connectivity index (χ3v) is 7.62. The maximum atomic E-state index is 12.8. The molecule has 2 aliphatic rings. The number of aliphatic hydroxyl groups is 1. The van der Waals surface area contributed by atoms with E-state index < -0.39 is 22.0 Å². The number of sulfonamides is 1. The van der Waals surface area contributed by atoms with Gasteiger partial charge in [-0.15, -0.1) is 0 Å². The molecule has 0 unspecified atom stereocenters. The number of nitrogens with zero attached hydrogens (tertiary/aromatic N) is 4. The summed E-state index contributed by atoms with van der Waals surface area (Å²) in [5.41, 5.74) is 1.65. The van der Waals surface area contributed by atoms with Crippen LogP contribution in [0, 0.1) is 5.92 Å². The number of β-amino-alcohol motifs (C(OH)–C–C–N with tert-alkyl or cyclic N) is 1. The minimum atomic E-state index is -3.42. The van der Waals surface area contributed by atoms with Crippen LogP contribution < -0.4 is 4.90 Å². The summed E-state index contributed by atoms with van der Waals surface area (Å²) >= 11 is 0. The highest BCUT2D eigenvalue weighted by Crippen LogP contribution is 2.23. The molecule has 3 rings (SSSR count). The van der Waals surface area contributed by atoms with Gasteiger partial charge < -0.3 is 19.8 Å². The third kappa shape index (κ3) is 4.65. The lowest BCUT2D eigenvalue weighted by Crippen LogP contribution is -2.44. The maximum absolute atomic E-state index is 12.8. The summed E-state index contributed by atoms with van der Waals surface area (Å²) in [4.78, 5) is 18.9. The van der Waals surface area contributed by atoms with E-state index in [-0.39, 0.29) is 24.7 Å². The van der Waals surface area contributed by atoms with Crippen molar-refractivity contribution in [1.82, 2.24) is 14.1 Å². The van der Waals surface area contributed by atoms with Crippen molar-refractivity contribution in [3.05, 3.63) is 29.8 Å². The van der Waals surface area contributed by atoms with Crippen molar-refractivity contribution in [2.24, 2.45) is 5.92 Å². The zero-order valence-corrected chi connectivity index (χ0v) is 17.6. The number of benzene rings is 1. The minimum Gasteiger partial charge on any atom is -0.391 e. The molecule has 156 valence electrons. The topological polar surface area (TPSA) is 84.4 Å². The highest BCUT2D eigenvalue weighted by molar-refractivity contribution is 7.89. The lowest BCUT2D eigenvalue weighted by atomic mass is 10.1. The Bertz CT molecular complexity index is 789. The van der Waals surface area contributed by atoms with Gasteiger partial charge in [0.2, 0.25) is 10.0 Å². The fraction of sp³-hybridized carbons (Fsp3) is 0.632. The van der Waals surface area contributed by atoms with E-state index in [0.717, 1.165) is 36.2 Å². The fourth-order valence-corrected chi connectivity index (χ4v) is 4.83. The molecule has 1 N–H and O–H groups in total. The predicted octanol–water partition coefficient (Wildman–Crippen LogP) is -0.237. The number of carbonyl (C=O) groups is 1. The summed E-state index contributed by atoms with van der Waals surface area (Å²) in [6, 6.07) is 7.54. The Morgan fingerprint density at radius 2 is 1.71 bits per heavy atom. The summed E-state index contributed by atoms with van der Waals surface area (Å²) in [5.74, 6) is -0.803. The van der Waals surface area contributed by atoms with E-state index in [9.17, 15) is 18.3 Å². The zero-order valence-electron chi connectivity index (χ0n) is 16.8. The van der Waals surface area contributed by atoms with Crippen molar-refractivity contribution < 1.29 is 18.3 Å². The summed E-state index contributed by atoms with van der Waals surface area (Å²) in [5, 5.41) is 10.2. The number of amides is 1. The van der Waals surface area contributed by atoms with E-state index in [2.05, 4.69) is 16.8 Å². The van der Waals surface area contributed by atoms with Crippen LogP contribution in [0.2, 0.25) is 0 Å². The number of hydrogen-bond acceptors (Lipinski definition) is 6. The van der Waals surface area contributed by atoms with Gasteiger partial charge >= 0.3 is 0 Å². The van der Waals surface area contributed by atoms with Gasteiger partial charge in [-0.1, -0.05) is 0 Å². The second kappa shape index (κ2) is 8.36. The molecule has 28 heavy (non-hydrogen) atoms. The number of piperazine rings is 1. The SMILES string of the molecule is CN1CCN(c2ccc(C(=O)N3C[C@@H](CS(=O)(=O)N(C)C)[C@@H](O)C3)cc2)CC1. The Morgan fingerprint density at radius 1 is 1.11 bits per heavy atom. The fourth-order valence-electron chi connectivity index (χ4n) is 3.67. The monoisotopic (exact) mass is 410 g/mol. The smallest absolute Gasteiger partial charge is 0.253 e. The number of carbonyl (C=O) groups excluding carboxylic acids is 1. The van der Waals surface area contributed by atoms with Crippen LogP contribution in [0.5, 0.6) is 0 Å². The molecule has 0 saturated carbocycles. The van der Waals surface area contributed by atoms with Crippen LogP contribution in [-0.4, -0.2) is 106 Å². The van der Waals surface area contributed by atoms with Gasteiger partial charge in [0, 0.05) is 70.5 Å². The first kappa shape index (κ1) is 21.0. The van der Waals surface area contributed by atoms with Gasteiger partial charge in [0.15, 0.2) is 0 Å². The Balaban J connectivity index is 1.63. The molecule has 1 amide bonds. The molecule has 0 aliphatic carbocycles. The van der Waals surface area contributed by atoms with Crippen LogP contribution in [0.1, 0.15) is 10.4 Å². The first-order valence-corrected chi connectivity index (χ1v) is 11.2. The average Bonchev–Trinajstić information content (AvgIpc) is 3.01. The number of likely N-dealkylation sites (N-methyl/N-ethyl adjacent to an activating group) is 1. The molecular formula is C19H30N4O4S. The number of rotatable bonds is 5. The number of hydrogen-bond donors (Lipinski definition) is 1. The molecule has 9 heteroatoms. The van der Waals surface area contributed by atoms with Crippen molar-refractivity contribution in [2.45, 2.75) is 6.10 Å². The molecular weight excluding hydrogens is 380 g/mol. The van der Waals surface area contributed by atoms with E-state index in [1.165, 1.54) is 14.1 Å². The summed E-state index contributed by atoms with van der Waals surface area (Å²) in [6.07, 6.45) is -0.830. The molecule has 8 nitrogen and oxygen atoms in total. The van der Waals surface area contributed by atoms with E-state index in [1.807, 2.05) is 24.3 Å². The second-order valence-electron chi connectivity index (χ2n) is 7.94. The molecule has 1 aromatic rings. The summed E-state index contributed by atoms with van der Waals surface area (Å²) in [7, 11) is 1.64. The van der Waals surface area contributed by atoms with Crippen LogP contribution in [0.4, 0.5) is 5.69 Å². The van der Waals surface area contributed by atoms with Gasteiger partial charge in [0.25, 0.3) is 5.91 Å². The summed E-state index contributed by atoms with van der Waals surface area (Å²) in [6.45, 7) is 4.36. The molecule has 0 spiro atoms. The molecule has 0 aromatic heterocycles. The van der Waals surface area contributed by atoms with Gasteiger partial charge in [0.1, 0.15) is 0 Å². The molecule has 0 bridgehead atoms. The van der Waals surface area contributed by atoms with Gasteiger partial charge in [-0.25, -0.2) is 12.7 Å². The number of anilines is 1. The number of likely N-dealkylation sites (tertiary alicyclic amines) is 1. The van der Waals surface area contributed by atoms with Crippen LogP contribution in [0.25, 0.3) is 0 Å². The second-order valence-corrected chi connectivity index (χ2v) is 10.2. The van der Waals surface area contributed by atoms with Gasteiger partial charge in [-0.05, 0) is 31.3 Å². The van der Waals surface area contributed by atoms with E-state index in [0.29, 0.717) is 5.56 Å². The highest BCUT2D eigenvalue weighted by atomic mass is 32.2. The van der Waals surface area contributed by atoms with Gasteiger partial charge in [-0.3, -0.25) is 4.79 Å². The van der Waals surface area contributed by atoms with Crippen LogP contribution >= 0.6 is 0 Å². The molecule has 1 aromatic carbocycles.